The Labute approximate surface area is 205 Å². The van der Waals surface area contributed by atoms with Gasteiger partial charge in [0.05, 0.1) is 12.8 Å². The van der Waals surface area contributed by atoms with Crippen LogP contribution >= 0.6 is 12.2 Å². The number of rotatable bonds is 6. The predicted octanol–water partition coefficient (Wildman–Crippen LogP) is 5.06. The molecule has 2 heterocycles. The average Bonchev–Trinajstić information content (AvgIpc) is 3.13. The zero-order valence-corrected chi connectivity index (χ0v) is 20.6. The highest BCUT2D eigenvalue weighted by molar-refractivity contribution is 7.80. The van der Waals surface area contributed by atoms with Gasteiger partial charge in [-0.25, -0.2) is 0 Å². The van der Waals surface area contributed by atoms with Crippen LogP contribution in [0.1, 0.15) is 30.3 Å². The Hall–Kier alpha value is -3.71. The molecule has 0 unspecified atom stereocenters. The molecule has 1 aliphatic rings. The van der Waals surface area contributed by atoms with Gasteiger partial charge in [-0.1, -0.05) is 25.1 Å². The summed E-state index contributed by atoms with van der Waals surface area (Å²) in [6.45, 7) is 6.39. The molecule has 0 N–H and O–H groups in total. The molecule has 0 aliphatic carbocycles. The van der Waals surface area contributed by atoms with Gasteiger partial charge in [-0.2, -0.15) is 0 Å². The number of ether oxygens (including phenoxy) is 1. The van der Waals surface area contributed by atoms with Crippen LogP contribution in [-0.4, -0.2) is 40.0 Å². The SMILES string of the molecule is CCCN1C(=O)/C(=C\c2cc(C)n(-c3ccc(OC)cc3)c2C)C(=O)N(c2ccccc2)C1=S. The Kier molecular flexibility index (Phi) is 6.65. The van der Waals surface area contributed by atoms with Gasteiger partial charge in [0, 0.05) is 23.6 Å². The van der Waals surface area contributed by atoms with E-state index >= 15 is 0 Å². The molecular formula is C27H27N3O3S. The number of carbonyl (C=O) groups excluding carboxylic acids is 2. The first kappa shape index (κ1) is 23.4. The third-order valence-corrected chi connectivity index (χ3v) is 6.30. The number of hydrogen-bond acceptors (Lipinski definition) is 4. The second kappa shape index (κ2) is 9.65. The van der Waals surface area contributed by atoms with E-state index in [2.05, 4.69) is 4.57 Å². The van der Waals surface area contributed by atoms with Crippen molar-refractivity contribution in [2.45, 2.75) is 27.2 Å². The van der Waals surface area contributed by atoms with E-state index in [4.69, 9.17) is 17.0 Å². The Morgan fingerprint density at radius 2 is 1.62 bits per heavy atom. The van der Waals surface area contributed by atoms with Crippen molar-refractivity contribution in [2.75, 3.05) is 18.6 Å². The van der Waals surface area contributed by atoms with Crippen molar-refractivity contribution < 1.29 is 14.3 Å². The van der Waals surface area contributed by atoms with Gasteiger partial charge in [-0.05, 0) is 86.6 Å². The van der Waals surface area contributed by atoms with E-state index in [-0.39, 0.29) is 16.6 Å². The van der Waals surface area contributed by atoms with Crippen molar-refractivity contribution in [3.05, 3.63) is 83.2 Å². The van der Waals surface area contributed by atoms with E-state index in [1.807, 2.05) is 81.4 Å². The number of hydrogen-bond donors (Lipinski definition) is 0. The lowest BCUT2D eigenvalue weighted by molar-refractivity contribution is -0.127. The van der Waals surface area contributed by atoms with Crippen LogP contribution < -0.4 is 9.64 Å². The van der Waals surface area contributed by atoms with Crippen molar-refractivity contribution in [1.82, 2.24) is 9.47 Å². The minimum Gasteiger partial charge on any atom is -0.497 e. The predicted molar refractivity (Wildman–Crippen MR) is 138 cm³/mol. The molecule has 1 aromatic heterocycles. The monoisotopic (exact) mass is 473 g/mol. The zero-order chi connectivity index (χ0) is 24.4. The molecule has 0 atom stereocenters. The molecule has 2 amide bonds. The Balaban J connectivity index is 1.79. The second-order valence-electron chi connectivity index (χ2n) is 8.13. The highest BCUT2D eigenvalue weighted by atomic mass is 32.1. The Bertz CT molecular complexity index is 1280. The Morgan fingerprint density at radius 1 is 0.941 bits per heavy atom. The fourth-order valence-corrected chi connectivity index (χ4v) is 4.58. The van der Waals surface area contributed by atoms with E-state index in [1.54, 1.807) is 13.2 Å². The van der Waals surface area contributed by atoms with Crippen molar-refractivity contribution in [3.63, 3.8) is 0 Å². The lowest BCUT2D eigenvalue weighted by atomic mass is 10.1. The fourth-order valence-electron chi connectivity index (χ4n) is 4.22. The van der Waals surface area contributed by atoms with Crippen LogP contribution in [0.15, 0.2) is 66.2 Å². The molecule has 1 aliphatic heterocycles. The zero-order valence-electron chi connectivity index (χ0n) is 19.7. The first-order chi connectivity index (χ1) is 16.4. The smallest absolute Gasteiger partial charge is 0.270 e. The maximum atomic E-state index is 13.5. The minimum absolute atomic E-state index is 0.0980. The average molecular weight is 474 g/mol. The molecule has 1 fully saturated rings. The van der Waals surface area contributed by atoms with Crippen LogP contribution in [0.4, 0.5) is 5.69 Å². The van der Waals surface area contributed by atoms with Crippen LogP contribution in [0.2, 0.25) is 0 Å². The summed E-state index contributed by atoms with van der Waals surface area (Å²) in [5.74, 6) is 0.000950. The number of aryl methyl sites for hydroxylation is 1. The van der Waals surface area contributed by atoms with Gasteiger partial charge in [0.1, 0.15) is 11.3 Å². The van der Waals surface area contributed by atoms with E-state index in [1.165, 1.54) is 9.80 Å². The summed E-state index contributed by atoms with van der Waals surface area (Å²) >= 11 is 5.57. The number of anilines is 1. The summed E-state index contributed by atoms with van der Waals surface area (Å²) in [4.78, 5) is 29.9. The van der Waals surface area contributed by atoms with Crippen LogP contribution in [0.5, 0.6) is 5.75 Å². The van der Waals surface area contributed by atoms with Gasteiger partial charge in [0.25, 0.3) is 11.8 Å². The van der Waals surface area contributed by atoms with Gasteiger partial charge in [-0.3, -0.25) is 19.4 Å². The van der Waals surface area contributed by atoms with Gasteiger partial charge in [0.15, 0.2) is 5.11 Å². The number of nitrogens with zero attached hydrogens (tertiary/aromatic N) is 3. The van der Waals surface area contributed by atoms with Crippen LogP contribution in [0.3, 0.4) is 0 Å². The molecule has 174 valence electrons. The number of amides is 2. The molecule has 1 saturated heterocycles. The number of methoxy groups -OCH3 is 1. The van der Waals surface area contributed by atoms with Gasteiger partial charge in [0.2, 0.25) is 0 Å². The number of thiocarbonyl (C=S) groups is 1. The largest absolute Gasteiger partial charge is 0.497 e. The maximum absolute atomic E-state index is 13.5. The van der Waals surface area contributed by atoms with Crippen LogP contribution in [0, 0.1) is 13.8 Å². The first-order valence-electron chi connectivity index (χ1n) is 11.2. The van der Waals surface area contributed by atoms with Crippen molar-refractivity contribution in [1.29, 1.82) is 0 Å². The highest BCUT2D eigenvalue weighted by Gasteiger charge is 2.40. The normalized spacial score (nSPS) is 15.4. The minimum atomic E-state index is -0.414. The number of benzene rings is 2. The highest BCUT2D eigenvalue weighted by Crippen LogP contribution is 2.29. The molecule has 0 radical (unpaired) electrons. The van der Waals surface area contributed by atoms with E-state index in [0.29, 0.717) is 12.2 Å². The molecule has 7 heteroatoms. The maximum Gasteiger partial charge on any atom is 0.270 e. The number of carbonyl (C=O) groups is 2. The van der Waals surface area contributed by atoms with Gasteiger partial charge < -0.3 is 9.30 Å². The molecule has 4 rings (SSSR count). The number of aromatic nitrogens is 1. The van der Waals surface area contributed by atoms with Gasteiger partial charge in [-0.15, -0.1) is 0 Å². The summed E-state index contributed by atoms with van der Waals surface area (Å²) in [5, 5.41) is 0.212. The number of para-hydroxylation sites is 1. The van der Waals surface area contributed by atoms with E-state index in [9.17, 15) is 9.59 Å². The lowest BCUT2D eigenvalue weighted by Gasteiger charge is -2.36. The fraction of sp³-hybridized carbons (Fsp3) is 0.222. The van der Waals surface area contributed by atoms with Crippen molar-refractivity contribution in [3.8, 4) is 11.4 Å². The quantitative estimate of drug-likeness (QED) is 0.285. The molecule has 3 aromatic rings. The molecule has 34 heavy (non-hydrogen) atoms. The standard InChI is InChI=1S/C27H27N3O3S/c1-5-15-28-25(31)24(26(32)30(27(28)34)21-9-7-6-8-10-21)17-20-16-18(2)29(19(20)3)22-11-13-23(33-4)14-12-22/h6-14,16-17H,5,15H2,1-4H3/b24-17+. The third kappa shape index (κ3) is 4.15. The van der Waals surface area contributed by atoms with Gasteiger partial charge >= 0.3 is 0 Å². The summed E-state index contributed by atoms with van der Waals surface area (Å²) < 4.78 is 7.36. The third-order valence-electron chi connectivity index (χ3n) is 5.89. The van der Waals surface area contributed by atoms with E-state index in [0.717, 1.165) is 34.8 Å². The first-order valence-corrected chi connectivity index (χ1v) is 11.6. The summed E-state index contributed by atoms with van der Waals surface area (Å²) in [7, 11) is 1.63. The van der Waals surface area contributed by atoms with Crippen molar-refractivity contribution >= 4 is 40.9 Å². The topological polar surface area (TPSA) is 54.8 Å². The van der Waals surface area contributed by atoms with Crippen molar-refractivity contribution in [2.24, 2.45) is 0 Å². The molecule has 0 bridgehead atoms. The summed E-state index contributed by atoms with van der Waals surface area (Å²) in [6, 6.07) is 18.9. The summed E-state index contributed by atoms with van der Waals surface area (Å²) in [5.41, 5.74) is 4.44. The molecular weight excluding hydrogens is 446 g/mol. The molecule has 0 spiro atoms. The molecule has 0 saturated carbocycles. The molecule has 6 nitrogen and oxygen atoms in total. The van der Waals surface area contributed by atoms with Crippen LogP contribution in [0.25, 0.3) is 11.8 Å². The second-order valence-corrected chi connectivity index (χ2v) is 8.50. The molecule has 2 aromatic carbocycles. The Morgan fingerprint density at radius 3 is 2.24 bits per heavy atom. The van der Waals surface area contributed by atoms with E-state index < -0.39 is 5.91 Å². The lowest BCUT2D eigenvalue weighted by Crippen LogP contribution is -2.56. The summed E-state index contributed by atoms with van der Waals surface area (Å²) in [6.07, 6.45) is 2.41. The van der Waals surface area contributed by atoms with Crippen LogP contribution in [-0.2, 0) is 9.59 Å².